The quantitative estimate of drug-likeness (QED) is 0.555. The van der Waals surface area contributed by atoms with Gasteiger partial charge >= 0.3 is 0 Å². The van der Waals surface area contributed by atoms with Crippen molar-refractivity contribution in [1.82, 2.24) is 9.47 Å². The number of benzene rings is 2. The molecule has 32 heavy (non-hydrogen) atoms. The summed E-state index contributed by atoms with van der Waals surface area (Å²) in [7, 11) is 0. The smallest absolute Gasteiger partial charge is 0.227 e. The maximum atomic E-state index is 13.1. The molecule has 0 aliphatic carbocycles. The highest BCUT2D eigenvalue weighted by atomic mass is 16.2. The van der Waals surface area contributed by atoms with Gasteiger partial charge in [-0.1, -0.05) is 48.5 Å². The monoisotopic (exact) mass is 429 g/mol. The van der Waals surface area contributed by atoms with Crippen LogP contribution in [0.1, 0.15) is 40.2 Å². The number of ketones is 1. The summed E-state index contributed by atoms with van der Waals surface area (Å²) >= 11 is 0. The number of anilines is 1. The van der Waals surface area contributed by atoms with Crippen molar-refractivity contribution >= 4 is 17.4 Å². The van der Waals surface area contributed by atoms with Gasteiger partial charge in [-0.15, -0.1) is 0 Å². The fourth-order valence-electron chi connectivity index (χ4n) is 4.50. The van der Waals surface area contributed by atoms with Crippen molar-refractivity contribution in [2.45, 2.75) is 33.2 Å². The maximum absolute atomic E-state index is 13.1. The summed E-state index contributed by atoms with van der Waals surface area (Å²) < 4.78 is 2.21. The Morgan fingerprint density at radius 1 is 0.938 bits per heavy atom. The SMILES string of the molecule is Cc1cc(C(=O)CN2CCC(C(=O)Nc3ccccc3)CC2)c(C)n1Cc1ccccc1. The van der Waals surface area contributed by atoms with Crippen LogP contribution in [0.25, 0.3) is 0 Å². The van der Waals surface area contributed by atoms with Gasteiger partial charge in [0.15, 0.2) is 5.78 Å². The number of Topliss-reactive ketones (excluding diaryl/α,β-unsaturated/α-hetero) is 1. The largest absolute Gasteiger partial charge is 0.344 e. The van der Waals surface area contributed by atoms with E-state index in [1.807, 2.05) is 61.5 Å². The molecule has 0 bridgehead atoms. The number of piperidine rings is 1. The molecule has 166 valence electrons. The Kier molecular flexibility index (Phi) is 6.86. The summed E-state index contributed by atoms with van der Waals surface area (Å²) in [4.78, 5) is 27.8. The second-order valence-corrected chi connectivity index (χ2v) is 8.69. The van der Waals surface area contributed by atoms with E-state index in [1.165, 1.54) is 5.56 Å². The molecule has 1 aromatic heterocycles. The van der Waals surface area contributed by atoms with Gasteiger partial charge in [0.25, 0.3) is 0 Å². The summed E-state index contributed by atoms with van der Waals surface area (Å²) in [5.74, 6) is 0.230. The number of amides is 1. The average Bonchev–Trinajstić information content (AvgIpc) is 3.09. The van der Waals surface area contributed by atoms with Gasteiger partial charge in [0.1, 0.15) is 0 Å². The number of aromatic nitrogens is 1. The lowest BCUT2D eigenvalue weighted by atomic mass is 9.95. The average molecular weight is 430 g/mol. The lowest BCUT2D eigenvalue weighted by Crippen LogP contribution is -2.40. The fourth-order valence-corrected chi connectivity index (χ4v) is 4.50. The Morgan fingerprint density at radius 2 is 1.56 bits per heavy atom. The molecule has 2 heterocycles. The number of hydrogen-bond donors (Lipinski definition) is 1. The highest BCUT2D eigenvalue weighted by Gasteiger charge is 2.27. The van der Waals surface area contributed by atoms with Crippen LogP contribution >= 0.6 is 0 Å². The van der Waals surface area contributed by atoms with Crippen LogP contribution in [0.5, 0.6) is 0 Å². The molecular weight excluding hydrogens is 398 g/mol. The third-order valence-electron chi connectivity index (χ3n) is 6.42. The summed E-state index contributed by atoms with van der Waals surface area (Å²) in [5, 5.41) is 3.00. The van der Waals surface area contributed by atoms with E-state index in [1.54, 1.807) is 0 Å². The molecular formula is C27H31N3O2. The van der Waals surface area contributed by atoms with E-state index in [0.717, 1.165) is 55.1 Å². The summed E-state index contributed by atoms with van der Waals surface area (Å²) in [6.45, 7) is 6.80. The topological polar surface area (TPSA) is 54.3 Å². The number of likely N-dealkylation sites (tertiary alicyclic amines) is 1. The number of nitrogens with one attached hydrogen (secondary N) is 1. The lowest BCUT2D eigenvalue weighted by Gasteiger charge is -2.30. The van der Waals surface area contributed by atoms with Crippen molar-refractivity contribution < 1.29 is 9.59 Å². The third kappa shape index (κ3) is 5.17. The first-order chi connectivity index (χ1) is 15.5. The molecule has 1 amide bonds. The molecule has 0 saturated carbocycles. The predicted molar refractivity (Wildman–Crippen MR) is 128 cm³/mol. The van der Waals surface area contributed by atoms with Gasteiger partial charge in [0.2, 0.25) is 5.91 Å². The van der Waals surface area contributed by atoms with Crippen molar-refractivity contribution in [3.05, 3.63) is 89.2 Å². The predicted octanol–water partition coefficient (Wildman–Crippen LogP) is 4.69. The maximum Gasteiger partial charge on any atom is 0.227 e. The van der Waals surface area contributed by atoms with Crippen molar-refractivity contribution in [2.24, 2.45) is 5.92 Å². The molecule has 1 saturated heterocycles. The Labute approximate surface area is 190 Å². The van der Waals surface area contributed by atoms with Gasteiger partial charge in [-0.05, 0) is 63.5 Å². The van der Waals surface area contributed by atoms with E-state index >= 15 is 0 Å². The number of hydrogen-bond acceptors (Lipinski definition) is 3. The molecule has 2 aromatic carbocycles. The lowest BCUT2D eigenvalue weighted by molar-refractivity contribution is -0.121. The van der Waals surface area contributed by atoms with Crippen molar-refractivity contribution in [3.8, 4) is 0 Å². The van der Waals surface area contributed by atoms with Gasteiger partial charge in [-0.3, -0.25) is 14.5 Å². The molecule has 0 spiro atoms. The van der Waals surface area contributed by atoms with E-state index in [2.05, 4.69) is 33.8 Å². The number of carbonyl (C=O) groups excluding carboxylic acids is 2. The van der Waals surface area contributed by atoms with E-state index in [-0.39, 0.29) is 17.6 Å². The molecule has 3 aromatic rings. The number of carbonyl (C=O) groups is 2. The zero-order valence-corrected chi connectivity index (χ0v) is 18.9. The zero-order valence-electron chi connectivity index (χ0n) is 18.9. The first kappa shape index (κ1) is 22.0. The molecule has 0 unspecified atom stereocenters. The fraction of sp³-hybridized carbons (Fsp3) is 0.333. The van der Waals surface area contributed by atoms with Gasteiger partial charge in [0.05, 0.1) is 6.54 Å². The number of rotatable bonds is 7. The first-order valence-corrected chi connectivity index (χ1v) is 11.3. The van der Waals surface area contributed by atoms with E-state index < -0.39 is 0 Å². The van der Waals surface area contributed by atoms with Crippen LogP contribution in [-0.4, -0.2) is 40.8 Å². The van der Waals surface area contributed by atoms with Crippen LogP contribution in [0.2, 0.25) is 0 Å². The standard InChI is InChI=1S/C27H31N3O2/c1-20-17-25(21(2)30(20)18-22-9-5-3-6-10-22)26(31)19-29-15-13-23(14-16-29)27(32)28-24-11-7-4-8-12-24/h3-12,17,23H,13-16,18-19H2,1-2H3,(H,28,32). The van der Waals surface area contributed by atoms with Crippen LogP contribution in [0, 0.1) is 19.8 Å². The molecule has 1 aliphatic rings. The van der Waals surface area contributed by atoms with Crippen LogP contribution in [0.3, 0.4) is 0 Å². The number of para-hydroxylation sites is 1. The van der Waals surface area contributed by atoms with Crippen LogP contribution < -0.4 is 5.32 Å². The molecule has 1 fully saturated rings. The molecule has 0 radical (unpaired) electrons. The van der Waals surface area contributed by atoms with Gasteiger partial charge in [-0.25, -0.2) is 0 Å². The third-order valence-corrected chi connectivity index (χ3v) is 6.42. The number of nitrogens with zero attached hydrogens (tertiary/aromatic N) is 2. The minimum Gasteiger partial charge on any atom is -0.344 e. The van der Waals surface area contributed by atoms with Crippen LogP contribution in [-0.2, 0) is 11.3 Å². The summed E-state index contributed by atoms with van der Waals surface area (Å²) in [5.41, 5.74) is 4.99. The van der Waals surface area contributed by atoms with E-state index in [0.29, 0.717) is 6.54 Å². The minimum atomic E-state index is -0.00232. The molecule has 5 nitrogen and oxygen atoms in total. The van der Waals surface area contributed by atoms with Crippen molar-refractivity contribution in [3.63, 3.8) is 0 Å². The highest BCUT2D eigenvalue weighted by Crippen LogP contribution is 2.22. The Bertz CT molecular complexity index is 1070. The highest BCUT2D eigenvalue weighted by molar-refractivity contribution is 5.99. The normalized spacial score (nSPS) is 14.9. The van der Waals surface area contributed by atoms with Gasteiger partial charge < -0.3 is 9.88 Å². The Morgan fingerprint density at radius 3 is 2.22 bits per heavy atom. The molecule has 5 heteroatoms. The Balaban J connectivity index is 1.32. The molecule has 0 atom stereocenters. The van der Waals surface area contributed by atoms with Crippen LogP contribution in [0.15, 0.2) is 66.7 Å². The molecule has 1 N–H and O–H groups in total. The second kappa shape index (κ2) is 9.96. The zero-order chi connectivity index (χ0) is 22.5. The van der Waals surface area contributed by atoms with E-state index in [9.17, 15) is 9.59 Å². The first-order valence-electron chi connectivity index (χ1n) is 11.3. The van der Waals surface area contributed by atoms with E-state index in [4.69, 9.17) is 0 Å². The summed E-state index contributed by atoms with van der Waals surface area (Å²) in [6, 6.07) is 21.9. The Hall–Kier alpha value is -3.18. The minimum absolute atomic E-state index is 0.00232. The van der Waals surface area contributed by atoms with Gasteiger partial charge in [0, 0.05) is 35.1 Å². The van der Waals surface area contributed by atoms with Crippen LogP contribution in [0.4, 0.5) is 5.69 Å². The molecule has 1 aliphatic heterocycles. The van der Waals surface area contributed by atoms with Crippen molar-refractivity contribution in [2.75, 3.05) is 25.0 Å². The second-order valence-electron chi connectivity index (χ2n) is 8.69. The summed E-state index contributed by atoms with van der Waals surface area (Å²) in [6.07, 6.45) is 1.55. The van der Waals surface area contributed by atoms with Crippen molar-refractivity contribution in [1.29, 1.82) is 0 Å². The molecule has 4 rings (SSSR count). The van der Waals surface area contributed by atoms with Gasteiger partial charge in [-0.2, -0.15) is 0 Å². The number of aryl methyl sites for hydroxylation is 1.